The topological polar surface area (TPSA) is 99.5 Å². The number of ether oxygens (including phenoxy) is 3. The van der Waals surface area contributed by atoms with E-state index < -0.39 is 6.04 Å². The molecule has 0 aliphatic carbocycles. The molecule has 0 bridgehead atoms. The molecule has 4 aromatic rings. The fourth-order valence-corrected chi connectivity index (χ4v) is 4.40. The maximum Gasteiger partial charge on any atom is 0.255 e. The van der Waals surface area contributed by atoms with Crippen LogP contribution in [0.4, 0.5) is 11.6 Å². The highest BCUT2D eigenvalue weighted by molar-refractivity contribution is 6.06. The summed E-state index contributed by atoms with van der Waals surface area (Å²) in [6, 6.07) is 22.1. The highest BCUT2D eigenvalue weighted by atomic mass is 16.5. The van der Waals surface area contributed by atoms with Gasteiger partial charge in [0.1, 0.15) is 24.7 Å². The molecule has 0 radical (unpaired) electrons. The van der Waals surface area contributed by atoms with Crippen molar-refractivity contribution in [3.8, 4) is 17.2 Å². The van der Waals surface area contributed by atoms with Gasteiger partial charge in [0.25, 0.3) is 5.91 Å². The number of carbonyl (C=O) groups is 1. The molecule has 9 heteroatoms. The first-order valence-electron chi connectivity index (χ1n) is 11.8. The van der Waals surface area contributed by atoms with Gasteiger partial charge in [-0.1, -0.05) is 54.6 Å². The number of rotatable bonds is 8. The number of para-hydroxylation sites is 3. The van der Waals surface area contributed by atoms with Gasteiger partial charge >= 0.3 is 0 Å². The van der Waals surface area contributed by atoms with E-state index in [2.05, 4.69) is 20.7 Å². The lowest BCUT2D eigenvalue weighted by molar-refractivity contribution is -0.113. The zero-order chi connectivity index (χ0) is 25.8. The Morgan fingerprint density at radius 1 is 0.973 bits per heavy atom. The van der Waals surface area contributed by atoms with Crippen molar-refractivity contribution in [3.63, 3.8) is 0 Å². The van der Waals surface area contributed by atoms with Crippen LogP contribution in [0.15, 0.2) is 90.4 Å². The van der Waals surface area contributed by atoms with Crippen molar-refractivity contribution in [2.45, 2.75) is 19.6 Å². The second-order valence-corrected chi connectivity index (χ2v) is 8.40. The maximum atomic E-state index is 13.8. The van der Waals surface area contributed by atoms with E-state index in [0.29, 0.717) is 52.3 Å². The third-order valence-corrected chi connectivity index (χ3v) is 6.14. The number of anilines is 2. The molecule has 37 heavy (non-hydrogen) atoms. The van der Waals surface area contributed by atoms with E-state index in [1.807, 2.05) is 67.6 Å². The molecule has 1 aromatic heterocycles. The summed E-state index contributed by atoms with van der Waals surface area (Å²) in [5, 5.41) is 10.6. The molecular formula is C28H27N5O4. The van der Waals surface area contributed by atoms with E-state index in [1.165, 1.54) is 6.33 Å². The quantitative estimate of drug-likeness (QED) is 0.361. The van der Waals surface area contributed by atoms with Crippen molar-refractivity contribution in [1.29, 1.82) is 0 Å². The lowest BCUT2D eigenvalue weighted by Gasteiger charge is -2.30. The number of hydrogen-bond acceptors (Lipinski definition) is 7. The summed E-state index contributed by atoms with van der Waals surface area (Å²) < 4.78 is 19.1. The fourth-order valence-electron chi connectivity index (χ4n) is 4.40. The number of benzene rings is 3. The zero-order valence-electron chi connectivity index (χ0n) is 20.8. The molecule has 1 atom stereocenters. The Balaban J connectivity index is 1.58. The van der Waals surface area contributed by atoms with Crippen LogP contribution in [0.25, 0.3) is 0 Å². The Kier molecular flexibility index (Phi) is 6.76. The normalized spacial score (nSPS) is 14.4. The van der Waals surface area contributed by atoms with Crippen molar-refractivity contribution in [3.05, 3.63) is 102 Å². The lowest BCUT2D eigenvalue weighted by atomic mass is 9.93. The molecule has 0 saturated heterocycles. The molecule has 1 aliphatic heterocycles. The predicted octanol–water partition coefficient (Wildman–Crippen LogP) is 4.80. The highest BCUT2D eigenvalue weighted by Gasteiger charge is 2.36. The fraction of sp³-hybridized carbons (Fsp3) is 0.179. The number of nitrogens with one attached hydrogen (secondary N) is 2. The first kappa shape index (κ1) is 23.9. The number of aromatic nitrogens is 3. The average molecular weight is 498 g/mol. The van der Waals surface area contributed by atoms with Gasteiger partial charge in [0, 0.05) is 11.3 Å². The van der Waals surface area contributed by atoms with Gasteiger partial charge in [-0.25, -0.2) is 4.68 Å². The van der Waals surface area contributed by atoms with E-state index in [9.17, 15) is 4.79 Å². The number of hydrogen-bond donors (Lipinski definition) is 2. The Morgan fingerprint density at radius 3 is 2.49 bits per heavy atom. The van der Waals surface area contributed by atoms with Crippen LogP contribution in [0.3, 0.4) is 0 Å². The summed E-state index contributed by atoms with van der Waals surface area (Å²) in [4.78, 5) is 18.1. The van der Waals surface area contributed by atoms with E-state index in [4.69, 9.17) is 14.2 Å². The van der Waals surface area contributed by atoms with Gasteiger partial charge in [-0.15, -0.1) is 0 Å². The number of carbonyl (C=O) groups excluding carboxylic acids is 1. The third-order valence-electron chi connectivity index (χ3n) is 6.14. The SMILES string of the molecule is COc1ccccc1NC(=O)C1=C(C)Nc2ncnn2[C@H]1c1cccc(OC)c1OCc1ccccc1. The molecule has 1 amide bonds. The van der Waals surface area contributed by atoms with Gasteiger partial charge in [0.05, 0.1) is 25.5 Å². The van der Waals surface area contributed by atoms with Gasteiger partial charge in [-0.05, 0) is 30.7 Å². The average Bonchev–Trinajstić information content (AvgIpc) is 3.39. The lowest BCUT2D eigenvalue weighted by Crippen LogP contribution is -2.32. The molecule has 0 spiro atoms. The predicted molar refractivity (Wildman–Crippen MR) is 140 cm³/mol. The minimum atomic E-state index is -0.630. The van der Waals surface area contributed by atoms with E-state index in [1.54, 1.807) is 31.0 Å². The Bertz CT molecular complexity index is 1450. The summed E-state index contributed by atoms with van der Waals surface area (Å²) in [5.74, 6) is 1.85. The van der Waals surface area contributed by atoms with Gasteiger partial charge in [-0.3, -0.25) is 4.79 Å². The van der Waals surface area contributed by atoms with Crippen molar-refractivity contribution in [1.82, 2.24) is 14.8 Å². The number of fused-ring (bicyclic) bond motifs is 1. The Morgan fingerprint density at radius 2 is 1.70 bits per heavy atom. The van der Waals surface area contributed by atoms with Gasteiger partial charge in [0.15, 0.2) is 11.5 Å². The van der Waals surface area contributed by atoms with E-state index in [-0.39, 0.29) is 5.91 Å². The zero-order valence-corrected chi connectivity index (χ0v) is 20.8. The van der Waals surface area contributed by atoms with E-state index in [0.717, 1.165) is 5.56 Å². The maximum absolute atomic E-state index is 13.8. The second-order valence-electron chi connectivity index (χ2n) is 8.40. The summed E-state index contributed by atoms with van der Waals surface area (Å²) in [6.07, 6.45) is 1.45. The molecule has 2 heterocycles. The van der Waals surface area contributed by atoms with Gasteiger partial charge in [0.2, 0.25) is 5.95 Å². The molecule has 3 aromatic carbocycles. The third kappa shape index (κ3) is 4.71. The molecule has 5 rings (SSSR count). The number of allylic oxidation sites excluding steroid dienone is 1. The van der Waals surface area contributed by atoms with E-state index >= 15 is 0 Å². The Labute approximate surface area is 214 Å². The van der Waals surface area contributed by atoms with Crippen LogP contribution >= 0.6 is 0 Å². The molecular weight excluding hydrogens is 470 g/mol. The van der Waals surface area contributed by atoms with Crippen LogP contribution in [0.5, 0.6) is 17.2 Å². The number of amides is 1. The number of nitrogens with zero attached hydrogens (tertiary/aromatic N) is 3. The minimum absolute atomic E-state index is 0.308. The first-order valence-corrected chi connectivity index (χ1v) is 11.8. The van der Waals surface area contributed by atoms with Crippen LogP contribution < -0.4 is 24.8 Å². The van der Waals surface area contributed by atoms with Crippen molar-refractivity contribution < 1.29 is 19.0 Å². The van der Waals surface area contributed by atoms with Crippen molar-refractivity contribution in [2.75, 3.05) is 24.9 Å². The summed E-state index contributed by atoms with van der Waals surface area (Å²) in [5.41, 5.74) is 3.39. The van der Waals surface area contributed by atoms with Crippen LogP contribution in [0.1, 0.15) is 24.1 Å². The summed E-state index contributed by atoms with van der Waals surface area (Å²) in [6.45, 7) is 2.17. The van der Waals surface area contributed by atoms with Crippen LogP contribution in [-0.4, -0.2) is 34.9 Å². The molecule has 188 valence electrons. The van der Waals surface area contributed by atoms with Crippen LogP contribution in [0, 0.1) is 0 Å². The largest absolute Gasteiger partial charge is 0.495 e. The molecule has 0 unspecified atom stereocenters. The monoisotopic (exact) mass is 497 g/mol. The number of methoxy groups -OCH3 is 2. The smallest absolute Gasteiger partial charge is 0.255 e. The minimum Gasteiger partial charge on any atom is -0.495 e. The highest BCUT2D eigenvalue weighted by Crippen LogP contribution is 2.43. The molecule has 0 fully saturated rings. The summed E-state index contributed by atoms with van der Waals surface area (Å²) >= 11 is 0. The first-order chi connectivity index (χ1) is 18.1. The Hall–Kier alpha value is -4.79. The van der Waals surface area contributed by atoms with Crippen molar-refractivity contribution >= 4 is 17.5 Å². The summed E-state index contributed by atoms with van der Waals surface area (Å²) in [7, 11) is 3.16. The van der Waals surface area contributed by atoms with Gasteiger partial charge < -0.3 is 24.8 Å². The second kappa shape index (κ2) is 10.4. The molecule has 2 N–H and O–H groups in total. The van der Waals surface area contributed by atoms with Crippen LogP contribution in [0.2, 0.25) is 0 Å². The molecule has 9 nitrogen and oxygen atoms in total. The standard InChI is InChI=1S/C28H27N5O4/c1-18-24(27(34)32-21-13-7-8-14-22(21)35-2)25(33-28(31-18)29-17-30-33)20-12-9-15-23(36-3)26(20)37-16-19-10-5-4-6-11-19/h4-15,17,25H,16H2,1-3H3,(H,32,34)(H,29,30,31)/t25-/m0/s1. The van der Waals surface area contributed by atoms with Crippen molar-refractivity contribution in [2.24, 2.45) is 0 Å². The van der Waals surface area contributed by atoms with Gasteiger partial charge in [-0.2, -0.15) is 10.1 Å². The molecule has 0 saturated carbocycles. The molecule has 1 aliphatic rings. The van der Waals surface area contributed by atoms with Crippen LogP contribution in [-0.2, 0) is 11.4 Å².